The fourth-order valence-electron chi connectivity index (χ4n) is 3.57. The van der Waals surface area contributed by atoms with E-state index in [0.29, 0.717) is 36.6 Å². The maximum atomic E-state index is 14.2. The minimum atomic E-state index is -1.35. The van der Waals surface area contributed by atoms with Crippen molar-refractivity contribution in [3.05, 3.63) is 74.3 Å². The second kappa shape index (κ2) is 10.5. The first-order valence-electron chi connectivity index (χ1n) is 11.4. The molecule has 10 nitrogen and oxygen atoms in total. The Bertz CT molecular complexity index is 1290. The van der Waals surface area contributed by atoms with Crippen LogP contribution in [0.25, 0.3) is 0 Å². The fourth-order valence-corrected chi connectivity index (χ4v) is 3.57. The van der Waals surface area contributed by atoms with Crippen molar-refractivity contribution in [2.75, 3.05) is 13.2 Å². The zero-order chi connectivity index (χ0) is 25.0. The lowest BCUT2D eigenvalue weighted by Crippen LogP contribution is -2.32. The number of H-pyrrole nitrogens is 1. The Balaban J connectivity index is 1.40. The molecule has 3 aromatic rings. The van der Waals surface area contributed by atoms with Crippen molar-refractivity contribution in [3.63, 3.8) is 0 Å². The predicted octanol–water partition coefficient (Wildman–Crippen LogP) is 1.71. The first kappa shape index (κ1) is 24.7. The standard InChI is InChI=1S/C23H27F2N5O5/c1-2-23(33,16-5-6-18(24)20(9-16)35-12-15-3-4-15)13-30-17(10-26-28-30)7-8-34-14-29-11-19(25)21(31)27-22(29)32/h5-6,9-11,15,33H,2-4,7-8,12-14H2,1H3,(H,27,31,32)/t23-/m1/s1. The van der Waals surface area contributed by atoms with E-state index < -0.39 is 28.5 Å². The van der Waals surface area contributed by atoms with E-state index >= 15 is 0 Å². The van der Waals surface area contributed by atoms with E-state index in [-0.39, 0.29) is 25.6 Å². The fraction of sp³-hybridized carbons (Fsp3) is 0.478. The maximum Gasteiger partial charge on any atom is 0.330 e. The summed E-state index contributed by atoms with van der Waals surface area (Å²) in [5.74, 6) is -0.989. The Hall–Kier alpha value is -3.38. The number of aromatic amines is 1. The minimum absolute atomic E-state index is 0.0666. The number of benzene rings is 1. The van der Waals surface area contributed by atoms with Gasteiger partial charge in [0.2, 0.25) is 5.82 Å². The summed E-state index contributed by atoms with van der Waals surface area (Å²) in [6, 6.07) is 4.35. The topological polar surface area (TPSA) is 124 Å². The molecule has 0 radical (unpaired) electrons. The Morgan fingerprint density at radius 1 is 1.26 bits per heavy atom. The van der Waals surface area contributed by atoms with Crippen LogP contribution >= 0.6 is 0 Å². The summed E-state index contributed by atoms with van der Waals surface area (Å²) in [7, 11) is 0. The van der Waals surface area contributed by atoms with Gasteiger partial charge in [0.05, 0.1) is 37.8 Å². The summed E-state index contributed by atoms with van der Waals surface area (Å²) in [4.78, 5) is 24.7. The van der Waals surface area contributed by atoms with Crippen LogP contribution in [0.2, 0.25) is 0 Å². The lowest BCUT2D eigenvalue weighted by Gasteiger charge is -2.28. The first-order chi connectivity index (χ1) is 16.8. The molecule has 1 atom stereocenters. The lowest BCUT2D eigenvalue weighted by atomic mass is 9.90. The number of halogens is 2. The molecule has 4 rings (SSSR count). The van der Waals surface area contributed by atoms with Gasteiger partial charge in [0.15, 0.2) is 11.6 Å². The molecule has 1 aromatic carbocycles. The highest BCUT2D eigenvalue weighted by atomic mass is 19.1. The number of hydrogen-bond donors (Lipinski definition) is 2. The maximum absolute atomic E-state index is 14.2. The third kappa shape index (κ3) is 6.01. The molecule has 0 bridgehead atoms. The van der Waals surface area contributed by atoms with E-state index in [1.54, 1.807) is 0 Å². The minimum Gasteiger partial charge on any atom is -0.490 e. The van der Waals surface area contributed by atoms with Gasteiger partial charge in [-0.1, -0.05) is 18.2 Å². The van der Waals surface area contributed by atoms with E-state index in [4.69, 9.17) is 9.47 Å². The highest BCUT2D eigenvalue weighted by molar-refractivity contribution is 5.34. The van der Waals surface area contributed by atoms with Crippen molar-refractivity contribution in [3.8, 4) is 5.75 Å². The van der Waals surface area contributed by atoms with Crippen LogP contribution in [0.1, 0.15) is 37.4 Å². The average Bonchev–Trinajstić information content (AvgIpc) is 3.57. The zero-order valence-electron chi connectivity index (χ0n) is 19.2. The van der Waals surface area contributed by atoms with Crippen molar-refractivity contribution in [2.24, 2.45) is 5.92 Å². The SMILES string of the molecule is CC[C@@](O)(Cn1nncc1CCOCn1cc(F)c(=O)[nH]c1=O)c1ccc(F)c(OCC2CC2)c1. The summed E-state index contributed by atoms with van der Waals surface area (Å²) in [5.41, 5.74) is -2.06. The molecule has 1 fully saturated rings. The Morgan fingerprint density at radius 2 is 2.06 bits per heavy atom. The molecule has 1 aliphatic carbocycles. The van der Waals surface area contributed by atoms with Crippen LogP contribution in [-0.4, -0.2) is 42.9 Å². The highest BCUT2D eigenvalue weighted by Crippen LogP contribution is 2.33. The lowest BCUT2D eigenvalue weighted by molar-refractivity contribution is 0.00877. The monoisotopic (exact) mass is 491 g/mol. The van der Waals surface area contributed by atoms with Gasteiger partial charge < -0.3 is 14.6 Å². The molecule has 2 aromatic heterocycles. The summed E-state index contributed by atoms with van der Waals surface area (Å²) >= 11 is 0. The van der Waals surface area contributed by atoms with Crippen LogP contribution in [0.15, 0.2) is 40.2 Å². The smallest absolute Gasteiger partial charge is 0.330 e. The summed E-state index contributed by atoms with van der Waals surface area (Å²) < 4.78 is 41.1. The number of ether oxygens (including phenoxy) is 2. The van der Waals surface area contributed by atoms with Crippen LogP contribution in [0.4, 0.5) is 8.78 Å². The molecule has 0 amide bonds. The Kier molecular flexibility index (Phi) is 7.41. The number of hydrogen-bond acceptors (Lipinski definition) is 7. The van der Waals surface area contributed by atoms with Gasteiger partial charge in [-0.3, -0.25) is 14.3 Å². The summed E-state index contributed by atoms with van der Waals surface area (Å²) in [5, 5.41) is 19.4. The van der Waals surface area contributed by atoms with E-state index in [1.807, 2.05) is 11.9 Å². The molecule has 0 aliphatic heterocycles. The van der Waals surface area contributed by atoms with Crippen LogP contribution in [-0.2, 0) is 30.0 Å². The number of rotatable bonds is 12. The van der Waals surface area contributed by atoms with E-state index in [0.717, 1.165) is 23.6 Å². The highest BCUT2D eigenvalue weighted by Gasteiger charge is 2.31. The summed E-state index contributed by atoms with van der Waals surface area (Å²) in [6.45, 7) is 2.22. The van der Waals surface area contributed by atoms with E-state index in [1.165, 1.54) is 29.1 Å². The van der Waals surface area contributed by atoms with Gasteiger partial charge in [0, 0.05) is 6.42 Å². The molecule has 2 heterocycles. The number of nitrogens with one attached hydrogen (secondary N) is 1. The van der Waals surface area contributed by atoms with Gasteiger partial charge >= 0.3 is 5.69 Å². The molecular formula is C23H27F2N5O5. The molecule has 12 heteroatoms. The van der Waals surface area contributed by atoms with Crippen molar-refractivity contribution < 1.29 is 23.4 Å². The van der Waals surface area contributed by atoms with Gasteiger partial charge in [-0.15, -0.1) is 5.10 Å². The number of aliphatic hydroxyl groups is 1. The van der Waals surface area contributed by atoms with Gasteiger partial charge in [0.25, 0.3) is 5.56 Å². The molecule has 188 valence electrons. The van der Waals surface area contributed by atoms with Crippen molar-refractivity contribution in [1.82, 2.24) is 24.5 Å². The Labute approximate surface area is 199 Å². The quantitative estimate of drug-likeness (QED) is 0.370. The van der Waals surface area contributed by atoms with Crippen LogP contribution in [0.5, 0.6) is 5.75 Å². The average molecular weight is 491 g/mol. The molecule has 2 N–H and O–H groups in total. The number of nitrogens with zero attached hydrogens (tertiary/aromatic N) is 4. The molecular weight excluding hydrogens is 464 g/mol. The van der Waals surface area contributed by atoms with Gasteiger partial charge in [-0.05, 0) is 42.9 Å². The van der Waals surface area contributed by atoms with Crippen LogP contribution in [0.3, 0.4) is 0 Å². The van der Waals surface area contributed by atoms with E-state index in [2.05, 4.69) is 10.3 Å². The molecule has 1 aliphatic rings. The van der Waals surface area contributed by atoms with E-state index in [9.17, 15) is 23.5 Å². The molecule has 0 spiro atoms. The first-order valence-corrected chi connectivity index (χ1v) is 11.4. The molecule has 35 heavy (non-hydrogen) atoms. The van der Waals surface area contributed by atoms with Crippen LogP contribution in [0, 0.1) is 17.6 Å². The largest absolute Gasteiger partial charge is 0.490 e. The third-order valence-corrected chi connectivity index (χ3v) is 6.03. The molecule has 0 saturated heterocycles. The molecule has 0 unspecified atom stereocenters. The normalized spacial score (nSPS) is 15.2. The van der Waals surface area contributed by atoms with Gasteiger partial charge in [-0.2, -0.15) is 4.39 Å². The van der Waals surface area contributed by atoms with Crippen LogP contribution < -0.4 is 16.0 Å². The zero-order valence-corrected chi connectivity index (χ0v) is 19.2. The van der Waals surface area contributed by atoms with Crippen molar-refractivity contribution >= 4 is 0 Å². The van der Waals surface area contributed by atoms with Crippen molar-refractivity contribution in [1.29, 1.82) is 0 Å². The molecule has 1 saturated carbocycles. The Morgan fingerprint density at radius 3 is 2.80 bits per heavy atom. The van der Waals surface area contributed by atoms with Gasteiger partial charge in [-0.25, -0.2) is 13.9 Å². The second-order valence-corrected chi connectivity index (χ2v) is 8.66. The predicted molar refractivity (Wildman–Crippen MR) is 120 cm³/mol. The summed E-state index contributed by atoms with van der Waals surface area (Å²) in [6.07, 6.45) is 5.14. The third-order valence-electron chi connectivity index (χ3n) is 6.03. The second-order valence-electron chi connectivity index (χ2n) is 8.66. The van der Waals surface area contributed by atoms with Gasteiger partial charge in [0.1, 0.15) is 12.3 Å². The van der Waals surface area contributed by atoms with Crippen molar-refractivity contribution in [2.45, 2.75) is 51.5 Å². The number of aromatic nitrogens is 5.